The molecule has 4 heteroatoms. The largest absolute Gasteiger partial charge is 0.398 e. The molecule has 0 N–H and O–H groups in total. The summed E-state index contributed by atoms with van der Waals surface area (Å²) >= 11 is 0. The van der Waals surface area contributed by atoms with E-state index in [-0.39, 0.29) is 0 Å². The molecule has 3 nitrogen and oxygen atoms in total. The van der Waals surface area contributed by atoms with Crippen molar-refractivity contribution >= 4 is 8.56 Å². The lowest BCUT2D eigenvalue weighted by atomic mass is 10.6. The van der Waals surface area contributed by atoms with Gasteiger partial charge in [0.15, 0.2) is 0 Å². The van der Waals surface area contributed by atoms with Crippen molar-refractivity contribution in [1.82, 2.24) is 0 Å². The second-order valence-corrected chi connectivity index (χ2v) is 6.59. The van der Waals surface area contributed by atoms with Crippen molar-refractivity contribution in [2.45, 2.75) is 25.1 Å². The normalized spacial score (nSPS) is 23.7. The Morgan fingerprint density at radius 3 is 2.27 bits per heavy atom. The van der Waals surface area contributed by atoms with E-state index in [9.17, 15) is 0 Å². The Hall–Kier alpha value is 0.0969. The van der Waals surface area contributed by atoms with Gasteiger partial charge < -0.3 is 13.6 Å². The van der Waals surface area contributed by atoms with E-state index in [0.717, 1.165) is 18.7 Å². The van der Waals surface area contributed by atoms with Crippen LogP contribution < -0.4 is 0 Å². The highest BCUT2D eigenvalue weighted by Gasteiger charge is 2.40. The van der Waals surface area contributed by atoms with Gasteiger partial charge in [-0.3, -0.25) is 0 Å². The fourth-order valence-electron chi connectivity index (χ4n) is 1.22. The van der Waals surface area contributed by atoms with Crippen LogP contribution in [0.1, 0.15) is 6.92 Å². The van der Waals surface area contributed by atoms with Crippen LogP contribution in [0.3, 0.4) is 0 Å². The number of epoxide rings is 1. The first-order valence-electron chi connectivity index (χ1n) is 3.98. The van der Waals surface area contributed by atoms with Crippen LogP contribution in [0.5, 0.6) is 0 Å². The third-order valence-electron chi connectivity index (χ3n) is 2.22. The molecular formula is C7H16O3Si. The van der Waals surface area contributed by atoms with Crippen LogP contribution in [0, 0.1) is 0 Å². The summed E-state index contributed by atoms with van der Waals surface area (Å²) in [6, 6.07) is 1.98. The van der Waals surface area contributed by atoms with Crippen LogP contribution in [-0.4, -0.2) is 35.5 Å². The second-order valence-electron chi connectivity index (χ2n) is 2.83. The van der Waals surface area contributed by atoms with Crippen molar-refractivity contribution in [3.05, 3.63) is 0 Å². The fraction of sp³-hybridized carbons (Fsp3) is 1.00. The molecule has 0 aromatic heterocycles. The van der Waals surface area contributed by atoms with Gasteiger partial charge in [-0.05, 0) is 6.04 Å². The zero-order chi connectivity index (χ0) is 8.32. The molecule has 1 heterocycles. The zero-order valence-electron chi connectivity index (χ0n) is 7.42. The molecule has 0 spiro atoms. The second kappa shape index (κ2) is 3.67. The summed E-state index contributed by atoms with van der Waals surface area (Å²) in [6.45, 7) is 3.00. The topological polar surface area (TPSA) is 31.0 Å². The summed E-state index contributed by atoms with van der Waals surface area (Å²) in [5.41, 5.74) is 0. The molecule has 1 saturated heterocycles. The first-order chi connectivity index (χ1) is 5.26. The van der Waals surface area contributed by atoms with E-state index < -0.39 is 8.56 Å². The number of hydrogen-bond acceptors (Lipinski definition) is 3. The van der Waals surface area contributed by atoms with E-state index in [1.54, 1.807) is 14.2 Å². The Labute approximate surface area is 68.9 Å². The van der Waals surface area contributed by atoms with Crippen LogP contribution in [-0.2, 0) is 13.6 Å². The molecule has 1 atom stereocenters. The average molecular weight is 176 g/mol. The van der Waals surface area contributed by atoms with Crippen LogP contribution in [0.15, 0.2) is 0 Å². The summed E-state index contributed by atoms with van der Waals surface area (Å²) in [4.78, 5) is 0. The highest BCUT2D eigenvalue weighted by molar-refractivity contribution is 6.67. The molecule has 1 fully saturated rings. The van der Waals surface area contributed by atoms with Crippen molar-refractivity contribution in [3.63, 3.8) is 0 Å². The molecule has 66 valence electrons. The molecular weight excluding hydrogens is 160 g/mol. The van der Waals surface area contributed by atoms with E-state index >= 15 is 0 Å². The lowest BCUT2D eigenvalue weighted by Crippen LogP contribution is -2.40. The van der Waals surface area contributed by atoms with Gasteiger partial charge in [0, 0.05) is 20.3 Å². The molecule has 0 aromatic rings. The molecule has 0 amide bonds. The monoisotopic (exact) mass is 176 g/mol. The van der Waals surface area contributed by atoms with Crippen molar-refractivity contribution in [3.8, 4) is 0 Å². The van der Waals surface area contributed by atoms with Crippen LogP contribution in [0.25, 0.3) is 0 Å². The van der Waals surface area contributed by atoms with E-state index in [2.05, 4.69) is 6.92 Å². The van der Waals surface area contributed by atoms with Gasteiger partial charge in [-0.25, -0.2) is 0 Å². The highest BCUT2D eigenvalue weighted by Crippen LogP contribution is 2.26. The van der Waals surface area contributed by atoms with Crippen LogP contribution in [0.4, 0.5) is 0 Å². The Morgan fingerprint density at radius 2 is 2.00 bits per heavy atom. The standard InChI is InChI=1S/C7H16O3Si/c1-4-11(8-2,9-3)6-7-5-10-7/h7H,4-6H2,1-3H3. The minimum absolute atomic E-state index is 0.418. The maximum Gasteiger partial charge on any atom is 0.340 e. The fourth-order valence-corrected chi connectivity index (χ4v) is 3.51. The van der Waals surface area contributed by atoms with E-state index in [1.807, 2.05) is 0 Å². The Kier molecular flexibility index (Phi) is 3.06. The van der Waals surface area contributed by atoms with Crippen molar-refractivity contribution in [1.29, 1.82) is 0 Å². The highest BCUT2D eigenvalue weighted by atomic mass is 28.4. The molecule has 1 unspecified atom stereocenters. The van der Waals surface area contributed by atoms with Gasteiger partial charge in [-0.1, -0.05) is 6.92 Å². The maximum atomic E-state index is 5.42. The minimum atomic E-state index is -1.84. The smallest absolute Gasteiger partial charge is 0.340 e. The average Bonchev–Trinajstić information content (AvgIpc) is 2.84. The predicted octanol–water partition coefficient (Wildman–Crippen LogP) is 1.14. The molecule has 0 aromatic carbocycles. The van der Waals surface area contributed by atoms with Crippen molar-refractivity contribution in [2.75, 3.05) is 20.8 Å². The van der Waals surface area contributed by atoms with Crippen molar-refractivity contribution < 1.29 is 13.6 Å². The first kappa shape index (κ1) is 9.19. The quantitative estimate of drug-likeness (QED) is 0.465. The van der Waals surface area contributed by atoms with Gasteiger partial charge in [0.1, 0.15) is 0 Å². The van der Waals surface area contributed by atoms with E-state index in [0.29, 0.717) is 6.10 Å². The number of ether oxygens (including phenoxy) is 1. The molecule has 0 bridgehead atoms. The van der Waals surface area contributed by atoms with Gasteiger partial charge in [0.25, 0.3) is 0 Å². The van der Waals surface area contributed by atoms with Crippen molar-refractivity contribution in [2.24, 2.45) is 0 Å². The third-order valence-corrected chi connectivity index (χ3v) is 5.87. The molecule has 11 heavy (non-hydrogen) atoms. The lowest BCUT2D eigenvalue weighted by Gasteiger charge is -2.24. The van der Waals surface area contributed by atoms with Gasteiger partial charge in [-0.2, -0.15) is 0 Å². The summed E-state index contributed by atoms with van der Waals surface area (Å²) < 4.78 is 16.0. The Bertz CT molecular complexity index is 113. The summed E-state index contributed by atoms with van der Waals surface area (Å²) in [7, 11) is 1.63. The first-order valence-corrected chi connectivity index (χ1v) is 6.21. The molecule has 1 aliphatic heterocycles. The van der Waals surface area contributed by atoms with Gasteiger partial charge in [0.05, 0.1) is 12.7 Å². The SMILES string of the molecule is CC[Si](CC1CO1)(OC)OC. The van der Waals surface area contributed by atoms with Gasteiger partial charge in [0.2, 0.25) is 0 Å². The Balaban J connectivity index is 2.39. The molecule has 0 aliphatic carbocycles. The zero-order valence-corrected chi connectivity index (χ0v) is 8.42. The third kappa shape index (κ3) is 2.26. The summed E-state index contributed by atoms with van der Waals surface area (Å²) in [5, 5.41) is 0. The number of rotatable bonds is 5. The predicted molar refractivity (Wildman–Crippen MR) is 44.8 cm³/mol. The lowest BCUT2D eigenvalue weighted by molar-refractivity contribution is 0.237. The van der Waals surface area contributed by atoms with Gasteiger partial charge in [-0.15, -0.1) is 0 Å². The summed E-state index contributed by atoms with van der Waals surface area (Å²) in [5.74, 6) is 0. The summed E-state index contributed by atoms with van der Waals surface area (Å²) in [6.07, 6.45) is 0.418. The molecule has 0 radical (unpaired) electrons. The molecule has 0 saturated carbocycles. The van der Waals surface area contributed by atoms with Crippen LogP contribution in [0.2, 0.25) is 12.1 Å². The van der Waals surface area contributed by atoms with Crippen LogP contribution >= 0.6 is 0 Å². The van der Waals surface area contributed by atoms with E-state index in [4.69, 9.17) is 13.6 Å². The molecule has 1 aliphatic rings. The number of hydrogen-bond donors (Lipinski definition) is 0. The van der Waals surface area contributed by atoms with E-state index in [1.165, 1.54) is 0 Å². The maximum absolute atomic E-state index is 5.42. The Morgan fingerprint density at radius 1 is 1.45 bits per heavy atom. The van der Waals surface area contributed by atoms with Gasteiger partial charge >= 0.3 is 8.56 Å². The molecule has 1 rings (SSSR count). The minimum Gasteiger partial charge on any atom is -0.398 e.